The zero-order valence-corrected chi connectivity index (χ0v) is 12.2. The molecule has 0 bridgehead atoms. The van der Waals surface area contributed by atoms with Crippen molar-refractivity contribution >= 4 is 16.5 Å². The second-order valence-corrected chi connectivity index (χ2v) is 7.05. The van der Waals surface area contributed by atoms with Crippen molar-refractivity contribution in [1.82, 2.24) is 4.98 Å². The van der Waals surface area contributed by atoms with Gasteiger partial charge in [0.05, 0.1) is 5.69 Å². The fraction of sp³-hybridized carbons (Fsp3) is 0.786. The summed E-state index contributed by atoms with van der Waals surface area (Å²) in [6, 6.07) is 0.180. The van der Waals surface area contributed by atoms with E-state index in [4.69, 9.17) is 10.7 Å². The van der Waals surface area contributed by atoms with Gasteiger partial charge >= 0.3 is 0 Å². The lowest BCUT2D eigenvalue weighted by Crippen LogP contribution is -2.38. The summed E-state index contributed by atoms with van der Waals surface area (Å²) >= 11 is 1.88. The maximum Gasteiger partial charge on any atom is 0.185 e. The minimum Gasteiger partial charge on any atom is -0.348 e. The number of nitrogens with two attached hydrogens (primary N) is 1. The molecule has 3 nitrogen and oxygen atoms in total. The second kappa shape index (κ2) is 4.82. The normalized spacial score (nSPS) is 32.4. The Kier molecular flexibility index (Phi) is 3.32. The molecule has 0 aromatic carbocycles. The molecular weight excluding hydrogens is 242 g/mol. The Hall–Kier alpha value is -0.610. The number of hydrogen-bond donors (Lipinski definition) is 1. The van der Waals surface area contributed by atoms with Crippen molar-refractivity contribution in [3.05, 3.63) is 10.6 Å². The molecule has 1 aliphatic carbocycles. The van der Waals surface area contributed by atoms with Gasteiger partial charge in [-0.05, 0) is 37.5 Å². The van der Waals surface area contributed by atoms with Gasteiger partial charge in [-0.2, -0.15) is 0 Å². The summed E-state index contributed by atoms with van der Waals surface area (Å²) in [4.78, 5) is 8.75. The third kappa shape index (κ3) is 2.16. The fourth-order valence-electron chi connectivity index (χ4n) is 3.01. The number of thiazole rings is 1. The van der Waals surface area contributed by atoms with E-state index in [1.807, 2.05) is 11.3 Å². The Balaban J connectivity index is 1.81. The van der Waals surface area contributed by atoms with Crippen molar-refractivity contribution in [2.24, 2.45) is 17.6 Å². The van der Waals surface area contributed by atoms with Gasteiger partial charge < -0.3 is 10.6 Å². The number of hydrogen-bond acceptors (Lipinski definition) is 4. The number of aromatic nitrogens is 1. The van der Waals surface area contributed by atoms with Crippen LogP contribution < -0.4 is 10.6 Å². The van der Waals surface area contributed by atoms with E-state index in [0.29, 0.717) is 0 Å². The van der Waals surface area contributed by atoms with Gasteiger partial charge in [0.1, 0.15) is 0 Å². The molecule has 2 heterocycles. The highest BCUT2D eigenvalue weighted by molar-refractivity contribution is 7.15. The van der Waals surface area contributed by atoms with Gasteiger partial charge in [0.15, 0.2) is 5.13 Å². The number of rotatable bonds is 1. The van der Waals surface area contributed by atoms with Crippen molar-refractivity contribution < 1.29 is 0 Å². The molecule has 1 aromatic heterocycles. The highest BCUT2D eigenvalue weighted by Crippen LogP contribution is 2.37. The molecule has 4 heteroatoms. The summed E-state index contributed by atoms with van der Waals surface area (Å²) in [5.41, 5.74) is 7.35. The van der Waals surface area contributed by atoms with Crippen LogP contribution in [-0.2, 0) is 6.42 Å². The lowest BCUT2D eigenvalue weighted by molar-refractivity contribution is 0.323. The Morgan fingerprint density at radius 1 is 1.28 bits per heavy atom. The van der Waals surface area contributed by atoms with E-state index in [1.165, 1.54) is 35.0 Å². The van der Waals surface area contributed by atoms with Crippen LogP contribution in [0.5, 0.6) is 0 Å². The lowest BCUT2D eigenvalue weighted by Gasteiger charge is -2.35. The first-order valence-corrected chi connectivity index (χ1v) is 7.97. The highest BCUT2D eigenvalue weighted by atomic mass is 32.1. The van der Waals surface area contributed by atoms with Crippen molar-refractivity contribution in [2.45, 2.75) is 45.6 Å². The number of nitrogens with zero attached hydrogens (tertiary/aromatic N) is 2. The largest absolute Gasteiger partial charge is 0.348 e. The SMILES string of the molecule is CC1CCN(c2nc3c(s2)CCCC3N)CC1C. The minimum absolute atomic E-state index is 0.180. The van der Waals surface area contributed by atoms with Gasteiger partial charge in [0, 0.05) is 24.0 Å². The summed E-state index contributed by atoms with van der Waals surface area (Å²) in [7, 11) is 0. The molecule has 3 rings (SSSR count). The molecule has 1 saturated heterocycles. The number of anilines is 1. The topological polar surface area (TPSA) is 42.2 Å². The fourth-order valence-corrected chi connectivity index (χ4v) is 4.22. The summed E-state index contributed by atoms with van der Waals surface area (Å²) in [5.74, 6) is 1.62. The molecule has 0 saturated carbocycles. The minimum atomic E-state index is 0.180. The molecule has 0 radical (unpaired) electrons. The van der Waals surface area contributed by atoms with Gasteiger partial charge in [0.25, 0.3) is 0 Å². The van der Waals surface area contributed by atoms with E-state index in [-0.39, 0.29) is 6.04 Å². The molecule has 3 unspecified atom stereocenters. The molecule has 18 heavy (non-hydrogen) atoms. The molecule has 1 aromatic rings. The summed E-state index contributed by atoms with van der Waals surface area (Å²) in [6.45, 7) is 7.04. The third-order valence-corrected chi connectivity index (χ3v) is 5.78. The Bertz CT molecular complexity index is 429. The Morgan fingerprint density at radius 2 is 2.11 bits per heavy atom. The summed E-state index contributed by atoms with van der Waals surface area (Å²) in [5, 5.41) is 1.22. The molecule has 2 aliphatic rings. The van der Waals surface area contributed by atoms with Gasteiger partial charge in [-0.15, -0.1) is 11.3 Å². The number of piperidine rings is 1. The molecule has 0 spiro atoms. The Labute approximate surface area is 113 Å². The molecule has 100 valence electrons. The van der Waals surface area contributed by atoms with E-state index >= 15 is 0 Å². The monoisotopic (exact) mass is 265 g/mol. The van der Waals surface area contributed by atoms with Crippen molar-refractivity contribution in [1.29, 1.82) is 0 Å². The predicted octanol–water partition coefficient (Wildman–Crippen LogP) is 2.96. The van der Waals surface area contributed by atoms with Crippen LogP contribution in [-0.4, -0.2) is 18.1 Å². The van der Waals surface area contributed by atoms with Crippen molar-refractivity contribution in [3.8, 4) is 0 Å². The van der Waals surface area contributed by atoms with Crippen LogP contribution in [0.3, 0.4) is 0 Å². The van der Waals surface area contributed by atoms with Crippen molar-refractivity contribution in [2.75, 3.05) is 18.0 Å². The molecular formula is C14H23N3S. The molecule has 1 aliphatic heterocycles. The third-order valence-electron chi connectivity index (χ3n) is 4.59. The van der Waals surface area contributed by atoms with Gasteiger partial charge in [-0.25, -0.2) is 4.98 Å². The van der Waals surface area contributed by atoms with Crippen LogP contribution in [0.2, 0.25) is 0 Å². The quantitative estimate of drug-likeness (QED) is 0.849. The first kappa shape index (κ1) is 12.4. The van der Waals surface area contributed by atoms with E-state index in [0.717, 1.165) is 31.3 Å². The molecule has 0 amide bonds. The van der Waals surface area contributed by atoms with Crippen LogP contribution in [0.25, 0.3) is 0 Å². The first-order valence-electron chi connectivity index (χ1n) is 7.15. The smallest absolute Gasteiger partial charge is 0.185 e. The van der Waals surface area contributed by atoms with Gasteiger partial charge in [-0.1, -0.05) is 13.8 Å². The Morgan fingerprint density at radius 3 is 2.83 bits per heavy atom. The average molecular weight is 265 g/mol. The van der Waals surface area contributed by atoms with Crippen LogP contribution in [0.1, 0.15) is 49.7 Å². The van der Waals surface area contributed by atoms with Crippen LogP contribution in [0.15, 0.2) is 0 Å². The van der Waals surface area contributed by atoms with E-state index in [2.05, 4.69) is 18.7 Å². The van der Waals surface area contributed by atoms with Crippen LogP contribution in [0.4, 0.5) is 5.13 Å². The standard InChI is InChI=1S/C14H23N3S/c1-9-6-7-17(8-10(9)2)14-16-13-11(15)4-3-5-12(13)18-14/h9-11H,3-8,15H2,1-2H3. The highest BCUT2D eigenvalue weighted by Gasteiger charge is 2.27. The maximum absolute atomic E-state index is 6.16. The molecule has 2 N–H and O–H groups in total. The first-order chi connectivity index (χ1) is 8.65. The zero-order chi connectivity index (χ0) is 12.7. The van der Waals surface area contributed by atoms with E-state index in [1.54, 1.807) is 0 Å². The average Bonchev–Trinajstić information content (AvgIpc) is 2.78. The molecule has 3 atom stereocenters. The van der Waals surface area contributed by atoms with Crippen molar-refractivity contribution in [3.63, 3.8) is 0 Å². The van der Waals surface area contributed by atoms with Gasteiger partial charge in [-0.3, -0.25) is 0 Å². The predicted molar refractivity (Wildman–Crippen MR) is 77.1 cm³/mol. The summed E-state index contributed by atoms with van der Waals surface area (Å²) < 4.78 is 0. The van der Waals surface area contributed by atoms with Crippen LogP contribution in [0, 0.1) is 11.8 Å². The van der Waals surface area contributed by atoms with Gasteiger partial charge in [0.2, 0.25) is 0 Å². The zero-order valence-electron chi connectivity index (χ0n) is 11.4. The summed E-state index contributed by atoms with van der Waals surface area (Å²) in [6.07, 6.45) is 4.80. The lowest BCUT2D eigenvalue weighted by atomic mass is 9.89. The number of aryl methyl sites for hydroxylation is 1. The van der Waals surface area contributed by atoms with E-state index < -0.39 is 0 Å². The second-order valence-electron chi connectivity index (χ2n) is 5.99. The van der Waals surface area contributed by atoms with Crippen LogP contribution >= 0.6 is 11.3 Å². The molecule has 1 fully saturated rings. The number of fused-ring (bicyclic) bond motifs is 1. The maximum atomic E-state index is 6.16. The van der Waals surface area contributed by atoms with E-state index in [9.17, 15) is 0 Å².